The van der Waals surface area contributed by atoms with Crippen LogP contribution in [0.25, 0.3) is 0 Å². The highest BCUT2D eigenvalue weighted by molar-refractivity contribution is 7.97. The summed E-state index contributed by atoms with van der Waals surface area (Å²) in [7, 11) is -0.236. The maximum atomic E-state index is 11.9. The Morgan fingerprint density at radius 1 is 0.760 bits per heavy atom. The van der Waals surface area contributed by atoms with Crippen molar-refractivity contribution in [1.29, 1.82) is 0 Å². The third-order valence-corrected chi connectivity index (χ3v) is 5.86. The molecule has 3 aromatic rings. The van der Waals surface area contributed by atoms with Gasteiger partial charge in [0.25, 0.3) is 5.91 Å². The van der Waals surface area contributed by atoms with E-state index in [-0.39, 0.29) is 23.3 Å². The topological polar surface area (TPSA) is 46.2 Å². The number of rotatable bonds is 6. The van der Waals surface area contributed by atoms with E-state index in [1.54, 1.807) is 18.4 Å². The molecule has 1 N–H and O–H groups in total. The highest BCUT2D eigenvalue weighted by Gasteiger charge is 2.28. The summed E-state index contributed by atoms with van der Waals surface area (Å²) in [4.78, 5) is 25.8. The Kier molecular flexibility index (Phi) is 5.65. The zero-order valence-corrected chi connectivity index (χ0v) is 14.3. The van der Waals surface area contributed by atoms with Crippen LogP contribution in [-0.4, -0.2) is 18.7 Å². The monoisotopic (exact) mass is 347 g/mol. The minimum absolute atomic E-state index is 0.0982. The number of hydrogen-bond donors (Lipinski definition) is 1. The van der Waals surface area contributed by atoms with Crippen LogP contribution in [0.4, 0.5) is 0 Å². The molecule has 0 aliphatic carbocycles. The molecule has 0 unspecified atom stereocenters. The van der Waals surface area contributed by atoms with Gasteiger partial charge in [-0.2, -0.15) is 0 Å². The lowest BCUT2D eigenvalue weighted by Gasteiger charge is -2.08. The van der Waals surface area contributed by atoms with Crippen LogP contribution in [0, 0.1) is 0 Å². The van der Waals surface area contributed by atoms with Crippen molar-refractivity contribution in [1.82, 2.24) is 5.32 Å². The van der Waals surface area contributed by atoms with Gasteiger partial charge in [0.1, 0.15) is 0 Å². The lowest BCUT2D eigenvalue weighted by molar-refractivity contribution is 0.0959. The largest absolute Gasteiger partial charge is 0.344 e. The molecule has 0 aliphatic heterocycles. The van der Waals surface area contributed by atoms with E-state index < -0.39 is 0 Å². The summed E-state index contributed by atoms with van der Waals surface area (Å²) in [6, 6.07) is 28.2. The first kappa shape index (κ1) is 17.0. The molecule has 0 bridgehead atoms. The summed E-state index contributed by atoms with van der Waals surface area (Å²) in [6.07, 6.45) is 1.66. The summed E-state index contributed by atoms with van der Waals surface area (Å²) in [5, 5.41) is 2.50. The Balaban J connectivity index is 1.94. The average molecular weight is 347 g/mol. The summed E-state index contributed by atoms with van der Waals surface area (Å²) in [5.74, 6) is -0.269. The molecule has 3 rings (SSSR count). The molecule has 3 nitrogen and oxygen atoms in total. The lowest BCUT2D eigenvalue weighted by atomic mass is 10.2. The molecule has 0 spiro atoms. The quantitative estimate of drug-likeness (QED) is 0.692. The van der Waals surface area contributed by atoms with Crippen LogP contribution in [0.3, 0.4) is 0 Å². The first-order chi connectivity index (χ1) is 12.3. The molecule has 0 heterocycles. The summed E-state index contributed by atoms with van der Waals surface area (Å²) >= 11 is 0. The molecule has 1 radical (unpaired) electrons. The van der Waals surface area contributed by atoms with E-state index >= 15 is 0 Å². The van der Waals surface area contributed by atoms with Gasteiger partial charge < -0.3 is 5.32 Å². The number of nitrogens with one attached hydrogen (secondary N) is 1. The van der Waals surface area contributed by atoms with Gasteiger partial charge in [0.05, 0.1) is 17.4 Å². The number of amides is 1. The van der Waals surface area contributed by atoms with Crippen molar-refractivity contribution in [2.75, 3.05) is 6.54 Å². The number of hydrogen-bond acceptors (Lipinski definition) is 2. The number of benzene rings is 3. The van der Waals surface area contributed by atoms with Gasteiger partial charge in [-0.1, -0.05) is 36.4 Å². The third-order valence-electron chi connectivity index (χ3n) is 3.63. The minimum atomic E-state index is -0.269. The summed E-state index contributed by atoms with van der Waals surface area (Å²) in [6.45, 7) is -0.0982. The van der Waals surface area contributed by atoms with Gasteiger partial charge in [0.15, 0.2) is 14.7 Å². The van der Waals surface area contributed by atoms with Crippen molar-refractivity contribution in [3.63, 3.8) is 0 Å². The van der Waals surface area contributed by atoms with Gasteiger partial charge >= 0.3 is 0 Å². The highest BCUT2D eigenvalue weighted by Crippen LogP contribution is 2.30. The van der Waals surface area contributed by atoms with Gasteiger partial charge in [-0.3, -0.25) is 9.59 Å². The number of carbonyl (C=O) groups is 1. The van der Waals surface area contributed by atoms with E-state index in [4.69, 9.17) is 0 Å². The second kappa shape index (κ2) is 8.31. The third kappa shape index (κ3) is 4.17. The SMILES string of the molecule is O=[C]CNC(=O)c1ccc([S+](c2ccccc2)c2ccccc2)cc1. The van der Waals surface area contributed by atoms with E-state index in [2.05, 4.69) is 29.6 Å². The molecule has 0 aromatic heterocycles. The van der Waals surface area contributed by atoms with Crippen molar-refractivity contribution in [2.45, 2.75) is 14.7 Å². The van der Waals surface area contributed by atoms with Crippen LogP contribution >= 0.6 is 0 Å². The Bertz CT molecular complexity index is 793. The average Bonchev–Trinajstić information content (AvgIpc) is 2.68. The zero-order valence-electron chi connectivity index (χ0n) is 13.5. The summed E-state index contributed by atoms with van der Waals surface area (Å²) < 4.78 is 0. The van der Waals surface area contributed by atoms with Gasteiger partial charge in [0.2, 0.25) is 6.29 Å². The van der Waals surface area contributed by atoms with Crippen molar-refractivity contribution in [3.05, 3.63) is 90.5 Å². The first-order valence-corrected chi connectivity index (χ1v) is 9.10. The Morgan fingerprint density at radius 3 is 1.72 bits per heavy atom. The fourth-order valence-electron chi connectivity index (χ4n) is 2.48. The smallest absolute Gasteiger partial charge is 0.251 e. The van der Waals surface area contributed by atoms with Crippen LogP contribution in [0.1, 0.15) is 10.4 Å². The Labute approximate surface area is 150 Å². The lowest BCUT2D eigenvalue weighted by Crippen LogP contribution is -2.25. The minimum Gasteiger partial charge on any atom is -0.344 e. The normalized spacial score (nSPS) is 10.4. The predicted molar refractivity (Wildman–Crippen MR) is 99.5 cm³/mol. The Morgan fingerprint density at radius 2 is 1.24 bits per heavy atom. The Hall–Kier alpha value is -2.85. The van der Waals surface area contributed by atoms with E-state index in [1.165, 1.54) is 9.79 Å². The highest BCUT2D eigenvalue weighted by atomic mass is 32.2. The van der Waals surface area contributed by atoms with Crippen molar-refractivity contribution < 1.29 is 9.59 Å². The van der Waals surface area contributed by atoms with Crippen LogP contribution in [-0.2, 0) is 15.7 Å². The second-order valence-electron chi connectivity index (χ2n) is 5.28. The van der Waals surface area contributed by atoms with E-state index in [9.17, 15) is 9.59 Å². The molecule has 0 aliphatic rings. The predicted octanol–water partition coefficient (Wildman–Crippen LogP) is 3.62. The van der Waals surface area contributed by atoms with E-state index in [0.717, 1.165) is 4.90 Å². The van der Waals surface area contributed by atoms with Gasteiger partial charge in [-0.15, -0.1) is 0 Å². The molecule has 25 heavy (non-hydrogen) atoms. The van der Waals surface area contributed by atoms with Crippen LogP contribution in [0.2, 0.25) is 0 Å². The van der Waals surface area contributed by atoms with Crippen molar-refractivity contribution in [2.24, 2.45) is 0 Å². The fraction of sp³-hybridized carbons (Fsp3) is 0.0476. The number of carbonyl (C=O) groups excluding carboxylic acids is 2. The molecule has 1 amide bonds. The van der Waals surface area contributed by atoms with Crippen molar-refractivity contribution >= 4 is 23.1 Å². The molecular weight excluding hydrogens is 330 g/mol. The molecule has 0 saturated carbocycles. The van der Waals surface area contributed by atoms with E-state index in [1.807, 2.05) is 48.5 Å². The van der Waals surface area contributed by atoms with Gasteiger partial charge in [-0.05, 0) is 48.5 Å². The van der Waals surface area contributed by atoms with Crippen molar-refractivity contribution in [3.8, 4) is 0 Å². The molecular formula is C21H17NO2S+. The van der Waals surface area contributed by atoms with Crippen LogP contribution in [0.5, 0.6) is 0 Å². The molecule has 0 atom stereocenters. The second-order valence-corrected chi connectivity index (χ2v) is 7.31. The fourth-order valence-corrected chi connectivity index (χ4v) is 4.57. The standard InChI is InChI=1S/C21H16NO2S/c23-16-15-22-21(24)17-11-13-20(14-12-17)25(18-7-3-1-4-8-18)19-9-5-2-6-10-19/h1-14H,15H2/p+1. The zero-order chi connectivity index (χ0) is 17.5. The van der Waals surface area contributed by atoms with Crippen LogP contribution in [0.15, 0.2) is 99.6 Å². The maximum Gasteiger partial charge on any atom is 0.251 e. The molecule has 4 heteroatoms. The first-order valence-electron chi connectivity index (χ1n) is 7.87. The summed E-state index contributed by atoms with van der Waals surface area (Å²) in [5.41, 5.74) is 0.531. The molecule has 123 valence electrons. The van der Waals surface area contributed by atoms with Crippen LogP contribution < -0.4 is 5.32 Å². The van der Waals surface area contributed by atoms with Gasteiger partial charge in [0, 0.05) is 5.56 Å². The maximum absolute atomic E-state index is 11.9. The van der Waals surface area contributed by atoms with E-state index in [0.29, 0.717) is 5.56 Å². The molecule has 0 saturated heterocycles. The molecule has 0 fully saturated rings. The molecule has 3 aromatic carbocycles. The van der Waals surface area contributed by atoms with Gasteiger partial charge in [-0.25, -0.2) is 0 Å².